The Balaban J connectivity index is 1.56. The van der Waals surface area contributed by atoms with E-state index in [1.165, 1.54) is 0 Å². The molecule has 4 aromatic rings. The first-order valence-corrected chi connectivity index (χ1v) is 11.7. The van der Waals surface area contributed by atoms with Crippen molar-refractivity contribution in [1.82, 2.24) is 20.4 Å². The zero-order valence-electron chi connectivity index (χ0n) is 19.1. The van der Waals surface area contributed by atoms with Crippen LogP contribution in [-0.4, -0.2) is 27.1 Å². The summed E-state index contributed by atoms with van der Waals surface area (Å²) in [6.45, 7) is 5.86. The summed E-state index contributed by atoms with van der Waals surface area (Å²) in [5.74, 6) is -0.862. The summed E-state index contributed by atoms with van der Waals surface area (Å²) < 4.78 is 1.54. The van der Waals surface area contributed by atoms with Crippen molar-refractivity contribution in [2.24, 2.45) is 0 Å². The SMILES string of the molecule is Cc1ccc(C(=O)NNC(=O)CSc2nc3ccccc3c(=O)n2-c2ccc(C)cc2C)cc1. The second kappa shape index (κ2) is 9.93. The molecule has 0 aliphatic carbocycles. The normalized spacial score (nSPS) is 10.8. The minimum absolute atomic E-state index is 0.0378. The lowest BCUT2D eigenvalue weighted by Gasteiger charge is -2.15. The van der Waals surface area contributed by atoms with Crippen molar-refractivity contribution in [1.29, 1.82) is 0 Å². The number of amides is 2. The topological polar surface area (TPSA) is 93.1 Å². The van der Waals surface area contributed by atoms with Crippen molar-refractivity contribution in [3.63, 3.8) is 0 Å². The first-order valence-electron chi connectivity index (χ1n) is 10.7. The summed E-state index contributed by atoms with van der Waals surface area (Å²) in [6.07, 6.45) is 0. The monoisotopic (exact) mass is 472 g/mol. The van der Waals surface area contributed by atoms with Crippen molar-refractivity contribution < 1.29 is 9.59 Å². The van der Waals surface area contributed by atoms with Gasteiger partial charge in [-0.25, -0.2) is 4.98 Å². The lowest BCUT2D eigenvalue weighted by atomic mass is 10.1. The fraction of sp³-hybridized carbons (Fsp3) is 0.154. The number of aryl methyl sites for hydroxylation is 3. The van der Waals surface area contributed by atoms with Gasteiger partial charge in [-0.2, -0.15) is 0 Å². The van der Waals surface area contributed by atoms with Gasteiger partial charge >= 0.3 is 0 Å². The number of carbonyl (C=O) groups excluding carboxylic acids is 2. The molecular weight excluding hydrogens is 448 g/mol. The van der Waals surface area contributed by atoms with Crippen LogP contribution in [0.15, 0.2) is 76.7 Å². The standard InChI is InChI=1S/C26H24N4O3S/c1-16-8-11-19(12-9-16)24(32)29-28-23(31)15-34-26-27-21-7-5-4-6-20(21)25(33)30(26)22-13-10-17(2)14-18(22)3/h4-14H,15H2,1-3H3,(H,28,31)(H,29,32). The second-order valence-electron chi connectivity index (χ2n) is 8.00. The van der Waals surface area contributed by atoms with Gasteiger partial charge in [0, 0.05) is 5.56 Å². The fourth-order valence-electron chi connectivity index (χ4n) is 3.55. The molecule has 0 spiro atoms. The number of hydrogen-bond acceptors (Lipinski definition) is 5. The highest BCUT2D eigenvalue weighted by Crippen LogP contribution is 2.23. The maximum Gasteiger partial charge on any atom is 0.269 e. The van der Waals surface area contributed by atoms with Gasteiger partial charge in [0.25, 0.3) is 11.5 Å². The molecule has 0 saturated carbocycles. The number of rotatable bonds is 5. The van der Waals surface area contributed by atoms with E-state index in [4.69, 9.17) is 0 Å². The van der Waals surface area contributed by atoms with Gasteiger partial charge in [-0.15, -0.1) is 0 Å². The van der Waals surface area contributed by atoms with Crippen LogP contribution < -0.4 is 16.4 Å². The Kier molecular flexibility index (Phi) is 6.79. The quantitative estimate of drug-likeness (QED) is 0.261. The lowest BCUT2D eigenvalue weighted by Crippen LogP contribution is -2.42. The van der Waals surface area contributed by atoms with E-state index in [0.717, 1.165) is 28.5 Å². The molecule has 0 bridgehead atoms. The molecule has 2 amide bonds. The van der Waals surface area contributed by atoms with E-state index in [0.29, 0.717) is 27.3 Å². The molecule has 4 rings (SSSR count). The molecule has 0 atom stereocenters. The maximum atomic E-state index is 13.4. The number of para-hydroxylation sites is 1. The highest BCUT2D eigenvalue weighted by molar-refractivity contribution is 7.99. The van der Waals surface area contributed by atoms with E-state index in [-0.39, 0.29) is 11.3 Å². The number of nitrogens with zero attached hydrogens (tertiary/aromatic N) is 2. The lowest BCUT2D eigenvalue weighted by molar-refractivity contribution is -0.119. The first-order chi connectivity index (χ1) is 16.3. The van der Waals surface area contributed by atoms with Gasteiger partial charge in [-0.1, -0.05) is 59.3 Å². The van der Waals surface area contributed by atoms with E-state index in [1.807, 2.05) is 57.2 Å². The molecule has 1 heterocycles. The minimum Gasteiger partial charge on any atom is -0.272 e. The third-order valence-electron chi connectivity index (χ3n) is 5.30. The van der Waals surface area contributed by atoms with Gasteiger partial charge < -0.3 is 0 Å². The zero-order valence-corrected chi connectivity index (χ0v) is 19.9. The van der Waals surface area contributed by atoms with E-state index < -0.39 is 11.8 Å². The molecule has 0 fully saturated rings. The number of thioether (sulfide) groups is 1. The van der Waals surface area contributed by atoms with E-state index >= 15 is 0 Å². The molecule has 2 N–H and O–H groups in total. The molecule has 3 aromatic carbocycles. The van der Waals surface area contributed by atoms with Crippen molar-refractivity contribution in [2.75, 3.05) is 5.75 Å². The van der Waals surface area contributed by atoms with Crippen LogP contribution >= 0.6 is 11.8 Å². The van der Waals surface area contributed by atoms with Crippen molar-refractivity contribution in [2.45, 2.75) is 25.9 Å². The predicted octanol–water partition coefficient (Wildman–Crippen LogP) is 3.86. The van der Waals surface area contributed by atoms with Crippen LogP contribution in [0.25, 0.3) is 16.6 Å². The summed E-state index contributed by atoms with van der Waals surface area (Å²) in [6, 6.07) is 20.0. The van der Waals surface area contributed by atoms with Gasteiger partial charge in [0.1, 0.15) is 0 Å². The van der Waals surface area contributed by atoms with E-state index in [9.17, 15) is 14.4 Å². The smallest absolute Gasteiger partial charge is 0.269 e. The summed E-state index contributed by atoms with van der Waals surface area (Å²) in [7, 11) is 0. The van der Waals surface area contributed by atoms with Gasteiger partial charge in [0.2, 0.25) is 5.91 Å². The molecule has 0 unspecified atom stereocenters. The van der Waals surface area contributed by atoms with E-state index in [2.05, 4.69) is 15.8 Å². The summed E-state index contributed by atoms with van der Waals surface area (Å²) in [5, 5.41) is 0.900. The molecule has 0 radical (unpaired) electrons. The molecule has 0 aliphatic heterocycles. The molecule has 34 heavy (non-hydrogen) atoms. The second-order valence-corrected chi connectivity index (χ2v) is 8.94. The Morgan fingerprint density at radius 3 is 2.35 bits per heavy atom. The third-order valence-corrected chi connectivity index (χ3v) is 6.24. The van der Waals surface area contributed by atoms with E-state index in [1.54, 1.807) is 34.9 Å². The number of nitrogens with one attached hydrogen (secondary N) is 2. The van der Waals surface area contributed by atoms with Crippen molar-refractivity contribution in [3.05, 3.63) is 99.3 Å². The van der Waals surface area contributed by atoms with Crippen LogP contribution in [-0.2, 0) is 4.79 Å². The summed E-state index contributed by atoms with van der Waals surface area (Å²) in [5.41, 5.74) is 9.40. The number of aromatic nitrogens is 2. The predicted molar refractivity (Wildman–Crippen MR) is 134 cm³/mol. The van der Waals surface area contributed by atoms with Crippen LogP contribution in [0.2, 0.25) is 0 Å². The summed E-state index contributed by atoms with van der Waals surface area (Å²) >= 11 is 1.13. The average molecular weight is 473 g/mol. The number of fused-ring (bicyclic) bond motifs is 1. The maximum absolute atomic E-state index is 13.4. The summed E-state index contributed by atoms with van der Waals surface area (Å²) in [4.78, 5) is 42.7. The highest BCUT2D eigenvalue weighted by Gasteiger charge is 2.16. The van der Waals surface area contributed by atoms with Gasteiger partial charge in [-0.05, 0) is 56.7 Å². The number of carbonyl (C=O) groups is 2. The van der Waals surface area contributed by atoms with Crippen LogP contribution in [0.3, 0.4) is 0 Å². The highest BCUT2D eigenvalue weighted by atomic mass is 32.2. The fourth-order valence-corrected chi connectivity index (χ4v) is 4.35. The molecule has 8 heteroatoms. The Bertz CT molecular complexity index is 1450. The largest absolute Gasteiger partial charge is 0.272 e. The van der Waals surface area contributed by atoms with Crippen LogP contribution in [0.5, 0.6) is 0 Å². The first kappa shape index (κ1) is 23.3. The van der Waals surface area contributed by atoms with Gasteiger partial charge in [0.15, 0.2) is 5.16 Å². The minimum atomic E-state index is -0.417. The van der Waals surface area contributed by atoms with Crippen LogP contribution in [0.1, 0.15) is 27.0 Å². The Morgan fingerprint density at radius 2 is 1.62 bits per heavy atom. The molecule has 0 saturated heterocycles. The molecule has 172 valence electrons. The van der Waals surface area contributed by atoms with Gasteiger partial charge in [0.05, 0.1) is 22.3 Å². The number of hydrazine groups is 1. The zero-order chi connectivity index (χ0) is 24.2. The van der Waals surface area contributed by atoms with Crippen LogP contribution in [0, 0.1) is 20.8 Å². The molecule has 1 aromatic heterocycles. The Morgan fingerprint density at radius 1 is 0.912 bits per heavy atom. The molecule has 7 nitrogen and oxygen atoms in total. The number of benzene rings is 3. The van der Waals surface area contributed by atoms with Gasteiger partial charge in [-0.3, -0.25) is 29.8 Å². The number of hydrogen-bond donors (Lipinski definition) is 2. The van der Waals surface area contributed by atoms with Crippen molar-refractivity contribution in [3.8, 4) is 5.69 Å². The average Bonchev–Trinajstić information content (AvgIpc) is 2.82. The molecule has 0 aliphatic rings. The Labute approximate surface area is 201 Å². The van der Waals surface area contributed by atoms with Crippen LogP contribution in [0.4, 0.5) is 0 Å². The molecular formula is C26H24N4O3S. The Hall–Kier alpha value is -3.91. The third kappa shape index (κ3) is 5.02. The van der Waals surface area contributed by atoms with Crippen molar-refractivity contribution >= 4 is 34.5 Å².